The SMILES string of the molecule is COc1ccc(-n2nc(Cl)cc2-c2ccc(S(=O)(=O)CCCO)cc2)cc1Cl. The van der Waals surface area contributed by atoms with Gasteiger partial charge in [-0.05, 0) is 36.8 Å². The van der Waals surface area contributed by atoms with Crippen LogP contribution in [0.1, 0.15) is 6.42 Å². The van der Waals surface area contributed by atoms with E-state index in [-0.39, 0.29) is 23.7 Å². The van der Waals surface area contributed by atoms with Crippen molar-refractivity contribution in [3.63, 3.8) is 0 Å². The molecule has 28 heavy (non-hydrogen) atoms. The van der Waals surface area contributed by atoms with Crippen molar-refractivity contribution in [2.45, 2.75) is 11.3 Å². The largest absolute Gasteiger partial charge is 0.495 e. The maximum atomic E-state index is 12.3. The van der Waals surface area contributed by atoms with Crippen molar-refractivity contribution >= 4 is 33.0 Å². The molecule has 0 aliphatic rings. The first-order valence-corrected chi connectivity index (χ1v) is 10.8. The molecule has 0 unspecified atom stereocenters. The molecule has 0 saturated heterocycles. The maximum absolute atomic E-state index is 12.3. The summed E-state index contributed by atoms with van der Waals surface area (Å²) in [4.78, 5) is 0.203. The van der Waals surface area contributed by atoms with Crippen molar-refractivity contribution in [3.8, 4) is 22.7 Å². The smallest absolute Gasteiger partial charge is 0.178 e. The molecule has 0 bridgehead atoms. The van der Waals surface area contributed by atoms with Gasteiger partial charge in [0.25, 0.3) is 0 Å². The highest BCUT2D eigenvalue weighted by Gasteiger charge is 2.16. The molecule has 0 aliphatic carbocycles. The van der Waals surface area contributed by atoms with Gasteiger partial charge < -0.3 is 9.84 Å². The van der Waals surface area contributed by atoms with E-state index >= 15 is 0 Å². The van der Waals surface area contributed by atoms with Gasteiger partial charge in [0.1, 0.15) is 5.75 Å². The summed E-state index contributed by atoms with van der Waals surface area (Å²) in [5.41, 5.74) is 2.12. The van der Waals surface area contributed by atoms with Crippen LogP contribution in [-0.2, 0) is 9.84 Å². The number of ether oxygens (including phenoxy) is 1. The molecule has 0 amide bonds. The lowest BCUT2D eigenvalue weighted by atomic mass is 10.1. The van der Waals surface area contributed by atoms with Crippen molar-refractivity contribution < 1.29 is 18.3 Å². The van der Waals surface area contributed by atoms with Crippen LogP contribution in [-0.4, -0.2) is 42.8 Å². The summed E-state index contributed by atoms with van der Waals surface area (Å²) in [7, 11) is -1.90. The van der Waals surface area contributed by atoms with Crippen molar-refractivity contribution in [2.24, 2.45) is 0 Å². The number of aliphatic hydroxyl groups is 1. The molecule has 0 fully saturated rings. The molecule has 2 aromatic carbocycles. The molecule has 148 valence electrons. The summed E-state index contributed by atoms with van der Waals surface area (Å²) in [6.07, 6.45) is 0.199. The van der Waals surface area contributed by atoms with Crippen LogP contribution < -0.4 is 4.74 Å². The number of rotatable bonds is 7. The highest BCUT2D eigenvalue weighted by molar-refractivity contribution is 7.91. The first-order valence-electron chi connectivity index (χ1n) is 8.39. The monoisotopic (exact) mass is 440 g/mol. The number of hydrogen-bond donors (Lipinski definition) is 1. The summed E-state index contributed by atoms with van der Waals surface area (Å²) in [6, 6.07) is 13.4. The van der Waals surface area contributed by atoms with Crippen molar-refractivity contribution in [1.29, 1.82) is 0 Å². The van der Waals surface area contributed by atoms with Gasteiger partial charge in [0.2, 0.25) is 0 Å². The minimum absolute atomic E-state index is 0.100. The Morgan fingerprint density at radius 1 is 1.11 bits per heavy atom. The number of aromatic nitrogens is 2. The molecule has 9 heteroatoms. The van der Waals surface area contributed by atoms with E-state index in [0.717, 1.165) is 5.56 Å². The lowest BCUT2D eigenvalue weighted by molar-refractivity contribution is 0.295. The summed E-state index contributed by atoms with van der Waals surface area (Å²) in [5.74, 6) is 0.444. The summed E-state index contributed by atoms with van der Waals surface area (Å²) in [5, 5.41) is 13.9. The topological polar surface area (TPSA) is 81.4 Å². The first-order chi connectivity index (χ1) is 13.4. The van der Waals surface area contributed by atoms with E-state index in [2.05, 4.69) is 5.10 Å². The average molecular weight is 441 g/mol. The van der Waals surface area contributed by atoms with E-state index in [0.29, 0.717) is 27.3 Å². The molecule has 1 N–H and O–H groups in total. The Hall–Kier alpha value is -2.06. The van der Waals surface area contributed by atoms with E-state index < -0.39 is 9.84 Å². The average Bonchev–Trinajstić information content (AvgIpc) is 3.08. The van der Waals surface area contributed by atoms with Gasteiger partial charge in [-0.15, -0.1) is 0 Å². The van der Waals surface area contributed by atoms with Gasteiger partial charge >= 0.3 is 0 Å². The van der Waals surface area contributed by atoms with Crippen LogP contribution >= 0.6 is 23.2 Å². The Morgan fingerprint density at radius 2 is 1.82 bits per heavy atom. The number of sulfone groups is 1. The molecular formula is C19H18Cl2N2O4S. The van der Waals surface area contributed by atoms with Crippen LogP contribution in [0.15, 0.2) is 53.4 Å². The summed E-state index contributed by atoms with van der Waals surface area (Å²) >= 11 is 12.3. The Morgan fingerprint density at radius 3 is 2.43 bits per heavy atom. The Kier molecular flexibility index (Phi) is 6.30. The summed E-state index contributed by atoms with van der Waals surface area (Å²) in [6.45, 7) is -0.167. The van der Waals surface area contributed by atoms with Gasteiger partial charge in [0.15, 0.2) is 15.0 Å². The summed E-state index contributed by atoms with van der Waals surface area (Å²) < 4.78 is 31.3. The van der Waals surface area contributed by atoms with Gasteiger partial charge in [-0.2, -0.15) is 5.10 Å². The second-order valence-corrected chi connectivity index (χ2v) is 8.91. The molecule has 6 nitrogen and oxygen atoms in total. The minimum Gasteiger partial charge on any atom is -0.495 e. The lowest BCUT2D eigenvalue weighted by Crippen LogP contribution is -2.08. The predicted octanol–water partition coefficient (Wildman–Crippen LogP) is 4.01. The molecule has 3 rings (SSSR count). The van der Waals surface area contributed by atoms with E-state index in [1.54, 1.807) is 41.1 Å². The molecule has 3 aromatic rings. The number of aliphatic hydroxyl groups excluding tert-OH is 1. The standard InChI is InChI=1S/C19H18Cl2N2O4S/c1-27-18-8-5-14(11-16(18)20)23-17(12-19(21)22-23)13-3-6-15(7-4-13)28(25,26)10-2-9-24/h3-8,11-12,24H,2,9-10H2,1H3. The van der Waals surface area contributed by atoms with Crippen molar-refractivity contribution in [1.82, 2.24) is 9.78 Å². The first kappa shape index (κ1) is 20.7. The number of benzene rings is 2. The van der Waals surface area contributed by atoms with Gasteiger partial charge in [0, 0.05) is 18.2 Å². The normalized spacial score (nSPS) is 11.6. The molecule has 0 saturated carbocycles. The predicted molar refractivity (Wildman–Crippen MR) is 109 cm³/mol. The molecule has 0 radical (unpaired) electrons. The van der Waals surface area contributed by atoms with Crippen LogP contribution in [0.5, 0.6) is 5.75 Å². The van der Waals surface area contributed by atoms with Gasteiger partial charge in [0.05, 0.1) is 34.2 Å². The third-order valence-corrected chi connectivity index (χ3v) is 6.44. The quantitative estimate of drug-likeness (QED) is 0.599. The van der Waals surface area contributed by atoms with Crippen LogP contribution in [0, 0.1) is 0 Å². The zero-order valence-electron chi connectivity index (χ0n) is 15.0. The number of hydrogen-bond acceptors (Lipinski definition) is 5. The van der Waals surface area contributed by atoms with E-state index in [4.69, 9.17) is 33.0 Å². The third kappa shape index (κ3) is 4.33. The maximum Gasteiger partial charge on any atom is 0.178 e. The molecule has 1 heterocycles. The molecular weight excluding hydrogens is 423 g/mol. The number of methoxy groups -OCH3 is 1. The number of nitrogens with zero attached hydrogens (tertiary/aromatic N) is 2. The van der Waals surface area contributed by atoms with E-state index in [9.17, 15) is 8.42 Å². The zero-order chi connectivity index (χ0) is 20.3. The fourth-order valence-corrected chi connectivity index (χ4v) is 4.47. The van der Waals surface area contributed by atoms with E-state index in [1.807, 2.05) is 0 Å². The van der Waals surface area contributed by atoms with E-state index in [1.165, 1.54) is 19.2 Å². The highest BCUT2D eigenvalue weighted by Crippen LogP contribution is 2.31. The number of halogens is 2. The lowest BCUT2D eigenvalue weighted by Gasteiger charge is -2.10. The molecule has 1 aromatic heterocycles. The highest BCUT2D eigenvalue weighted by atomic mass is 35.5. The molecule has 0 spiro atoms. The Bertz CT molecular complexity index is 1080. The van der Waals surface area contributed by atoms with Crippen molar-refractivity contribution in [2.75, 3.05) is 19.5 Å². The van der Waals surface area contributed by atoms with Gasteiger partial charge in [-0.3, -0.25) is 0 Å². The van der Waals surface area contributed by atoms with Crippen LogP contribution in [0.4, 0.5) is 0 Å². The fraction of sp³-hybridized carbons (Fsp3) is 0.211. The Balaban J connectivity index is 1.98. The molecule has 0 atom stereocenters. The van der Waals surface area contributed by atoms with Gasteiger partial charge in [-0.25, -0.2) is 13.1 Å². The van der Waals surface area contributed by atoms with Crippen molar-refractivity contribution in [3.05, 3.63) is 58.7 Å². The van der Waals surface area contributed by atoms with Crippen LogP contribution in [0.25, 0.3) is 16.9 Å². The fourth-order valence-electron chi connectivity index (χ4n) is 2.75. The van der Waals surface area contributed by atoms with Crippen LogP contribution in [0.2, 0.25) is 10.2 Å². The van der Waals surface area contributed by atoms with Crippen LogP contribution in [0.3, 0.4) is 0 Å². The second-order valence-electron chi connectivity index (χ2n) is 6.00. The van der Waals surface area contributed by atoms with Gasteiger partial charge in [-0.1, -0.05) is 35.3 Å². The Labute approximate surface area is 173 Å². The zero-order valence-corrected chi connectivity index (χ0v) is 17.3. The second kappa shape index (κ2) is 8.53. The third-order valence-electron chi connectivity index (χ3n) is 4.14. The minimum atomic E-state index is -3.43. The molecule has 0 aliphatic heterocycles.